The molecule has 1 aromatic rings. The van der Waals surface area contributed by atoms with Crippen molar-refractivity contribution >= 4 is 15.9 Å². The summed E-state index contributed by atoms with van der Waals surface area (Å²) in [4.78, 5) is 0. The molecule has 0 spiro atoms. The van der Waals surface area contributed by atoms with Gasteiger partial charge in [-0.3, -0.25) is 0 Å². The normalized spacial score (nSPS) is 17.4. The van der Waals surface area contributed by atoms with Crippen molar-refractivity contribution in [3.63, 3.8) is 0 Å². The van der Waals surface area contributed by atoms with Crippen LogP contribution in [0.25, 0.3) is 0 Å². The predicted octanol–water partition coefficient (Wildman–Crippen LogP) is 3.34. The van der Waals surface area contributed by atoms with Crippen molar-refractivity contribution in [3.05, 3.63) is 21.2 Å². The van der Waals surface area contributed by atoms with Gasteiger partial charge in [-0.25, -0.2) is 0 Å². The molecule has 6 heteroatoms. The van der Waals surface area contributed by atoms with Gasteiger partial charge in [0.15, 0.2) is 0 Å². The lowest BCUT2D eigenvalue weighted by Gasteiger charge is -2.16. The second-order valence-electron chi connectivity index (χ2n) is 4.00. The maximum absolute atomic E-state index is 13.1. The Morgan fingerprint density at radius 3 is 2.18 bits per heavy atom. The zero-order chi connectivity index (χ0) is 12.2. The molecule has 0 saturated carbocycles. The van der Waals surface area contributed by atoms with Crippen molar-refractivity contribution in [1.82, 2.24) is 0 Å². The summed E-state index contributed by atoms with van der Waals surface area (Å²) in [5.41, 5.74) is 0.128. The number of hydrogen-bond donors (Lipinski definition) is 0. The van der Waals surface area contributed by atoms with E-state index in [1.54, 1.807) is 0 Å². The van der Waals surface area contributed by atoms with Crippen LogP contribution in [-0.4, -0.2) is 13.2 Å². The topological polar surface area (TPSA) is 18.5 Å². The van der Waals surface area contributed by atoms with Crippen LogP contribution in [0.5, 0.6) is 11.5 Å². The van der Waals surface area contributed by atoms with Gasteiger partial charge in [0.25, 0.3) is 0 Å². The summed E-state index contributed by atoms with van der Waals surface area (Å²) >= 11 is 3.31. The first-order valence-electron chi connectivity index (χ1n) is 5.20. The number of halogens is 4. The highest BCUT2D eigenvalue weighted by Crippen LogP contribution is 2.52. The second-order valence-corrected chi connectivity index (χ2v) is 4.79. The van der Waals surface area contributed by atoms with Crippen molar-refractivity contribution in [1.29, 1.82) is 0 Å². The molecule has 0 aromatic heterocycles. The summed E-state index contributed by atoms with van der Waals surface area (Å²) < 4.78 is 50.3. The average molecular weight is 309 g/mol. The Morgan fingerprint density at radius 2 is 1.53 bits per heavy atom. The molecule has 3 rings (SSSR count). The van der Waals surface area contributed by atoms with E-state index in [0.717, 1.165) is 0 Å². The summed E-state index contributed by atoms with van der Waals surface area (Å²) in [6.45, 7) is 0.583. The molecule has 2 aliphatic rings. The van der Waals surface area contributed by atoms with Crippen LogP contribution in [0.4, 0.5) is 13.2 Å². The van der Waals surface area contributed by atoms with Gasteiger partial charge in [0.1, 0.15) is 17.1 Å². The van der Waals surface area contributed by atoms with Crippen LogP contribution < -0.4 is 9.47 Å². The molecule has 0 N–H and O–H groups in total. The smallest absolute Gasteiger partial charge is 0.420 e. The molecular weight excluding hydrogens is 301 g/mol. The van der Waals surface area contributed by atoms with Crippen LogP contribution in [0, 0.1) is 0 Å². The molecule has 17 heavy (non-hydrogen) atoms. The van der Waals surface area contributed by atoms with E-state index in [9.17, 15) is 13.2 Å². The molecule has 0 amide bonds. The summed E-state index contributed by atoms with van der Waals surface area (Å²) in [7, 11) is 0. The van der Waals surface area contributed by atoms with Gasteiger partial charge in [-0.15, -0.1) is 0 Å². The van der Waals surface area contributed by atoms with Crippen molar-refractivity contribution in [2.24, 2.45) is 0 Å². The Kier molecular flexibility index (Phi) is 2.33. The minimum atomic E-state index is -4.40. The largest absolute Gasteiger partial charge is 0.492 e. The first kappa shape index (κ1) is 11.2. The predicted molar refractivity (Wildman–Crippen MR) is 57.5 cm³/mol. The highest BCUT2D eigenvalue weighted by atomic mass is 79.9. The Hall–Kier alpha value is -0.910. The summed E-state index contributed by atoms with van der Waals surface area (Å²) in [6, 6.07) is 0. The fourth-order valence-corrected chi connectivity index (χ4v) is 3.08. The molecule has 0 unspecified atom stereocenters. The van der Waals surface area contributed by atoms with E-state index in [4.69, 9.17) is 9.47 Å². The zero-order valence-electron chi connectivity index (χ0n) is 8.66. The second kappa shape index (κ2) is 3.54. The number of hydrogen-bond acceptors (Lipinski definition) is 2. The Bertz CT molecular complexity index is 461. The van der Waals surface area contributed by atoms with Crippen molar-refractivity contribution in [2.45, 2.75) is 19.0 Å². The molecule has 0 fully saturated rings. The van der Waals surface area contributed by atoms with Crippen LogP contribution in [-0.2, 0) is 19.0 Å². The lowest BCUT2D eigenvalue weighted by atomic mass is 9.99. The maximum atomic E-state index is 13.1. The van der Waals surface area contributed by atoms with E-state index in [1.807, 2.05) is 0 Å². The van der Waals surface area contributed by atoms with E-state index < -0.39 is 11.7 Å². The molecule has 0 atom stereocenters. The molecule has 2 nitrogen and oxygen atoms in total. The number of benzene rings is 1. The number of alkyl halides is 3. The highest BCUT2D eigenvalue weighted by molar-refractivity contribution is 9.10. The van der Waals surface area contributed by atoms with Crippen LogP contribution in [0.2, 0.25) is 0 Å². The number of ether oxygens (including phenoxy) is 2. The van der Waals surface area contributed by atoms with Crippen molar-refractivity contribution in [3.8, 4) is 11.5 Å². The van der Waals surface area contributed by atoms with Crippen LogP contribution in [0.1, 0.15) is 16.7 Å². The van der Waals surface area contributed by atoms with E-state index >= 15 is 0 Å². The van der Waals surface area contributed by atoms with Crippen LogP contribution >= 0.6 is 15.9 Å². The van der Waals surface area contributed by atoms with Crippen LogP contribution in [0.3, 0.4) is 0 Å². The lowest BCUT2D eigenvalue weighted by Crippen LogP contribution is -2.11. The third kappa shape index (κ3) is 1.53. The van der Waals surface area contributed by atoms with Gasteiger partial charge >= 0.3 is 6.18 Å². The molecule has 2 heterocycles. The SMILES string of the molecule is FC(F)(F)c1c2c(c(Br)c3c1OCC3)OCC2. The Labute approximate surface area is 104 Å². The van der Waals surface area contributed by atoms with Crippen molar-refractivity contribution in [2.75, 3.05) is 13.2 Å². The molecule has 0 saturated heterocycles. The quantitative estimate of drug-likeness (QED) is 0.732. The van der Waals surface area contributed by atoms with Gasteiger partial charge in [0.2, 0.25) is 0 Å². The zero-order valence-corrected chi connectivity index (χ0v) is 10.2. The van der Waals surface area contributed by atoms with Gasteiger partial charge in [0, 0.05) is 24.0 Å². The minimum Gasteiger partial charge on any atom is -0.492 e. The van der Waals surface area contributed by atoms with Crippen LogP contribution in [0.15, 0.2) is 4.47 Å². The molecule has 92 valence electrons. The molecular formula is C11H8BrF3O2. The number of fused-ring (bicyclic) bond motifs is 2. The van der Waals surface area contributed by atoms with E-state index in [1.165, 1.54) is 0 Å². The molecule has 1 aromatic carbocycles. The van der Waals surface area contributed by atoms with Gasteiger partial charge in [-0.05, 0) is 15.9 Å². The first-order valence-corrected chi connectivity index (χ1v) is 5.99. The fraction of sp³-hybridized carbons (Fsp3) is 0.455. The van der Waals surface area contributed by atoms with Gasteiger partial charge in [-0.1, -0.05) is 0 Å². The minimum absolute atomic E-state index is 0.0198. The monoisotopic (exact) mass is 308 g/mol. The Balaban J connectivity index is 2.34. The average Bonchev–Trinajstić information content (AvgIpc) is 2.83. The molecule has 0 radical (unpaired) electrons. The Morgan fingerprint density at radius 1 is 0.941 bits per heavy atom. The summed E-state index contributed by atoms with van der Waals surface area (Å²) in [5.74, 6) is 0.315. The summed E-state index contributed by atoms with van der Waals surface area (Å²) in [5, 5.41) is 0. The van der Waals surface area contributed by atoms with E-state index in [-0.39, 0.29) is 17.7 Å². The van der Waals surface area contributed by atoms with Gasteiger partial charge < -0.3 is 9.47 Å². The third-order valence-corrected chi connectivity index (χ3v) is 3.86. The number of rotatable bonds is 0. The standard InChI is InChI=1S/C11H8BrF3O2/c12-8-6-2-4-16-9(6)7(11(13,14)15)5-1-3-17-10(5)8/h1-4H2. The van der Waals surface area contributed by atoms with Crippen molar-refractivity contribution < 1.29 is 22.6 Å². The maximum Gasteiger partial charge on any atom is 0.420 e. The van der Waals surface area contributed by atoms with E-state index in [2.05, 4.69) is 15.9 Å². The molecule has 2 aliphatic heterocycles. The van der Waals surface area contributed by atoms with Gasteiger partial charge in [-0.2, -0.15) is 13.2 Å². The fourth-order valence-electron chi connectivity index (χ4n) is 2.35. The molecule has 0 bridgehead atoms. The first-order chi connectivity index (χ1) is 8.00. The third-order valence-electron chi connectivity index (χ3n) is 3.02. The highest BCUT2D eigenvalue weighted by Gasteiger charge is 2.43. The summed E-state index contributed by atoms with van der Waals surface area (Å²) in [6.07, 6.45) is -3.64. The van der Waals surface area contributed by atoms with E-state index in [0.29, 0.717) is 35.4 Å². The molecule has 0 aliphatic carbocycles. The van der Waals surface area contributed by atoms with Gasteiger partial charge in [0.05, 0.1) is 17.7 Å². The lowest BCUT2D eigenvalue weighted by molar-refractivity contribution is -0.139.